The predicted molar refractivity (Wildman–Crippen MR) is 49.0 cm³/mol. The standard InChI is InChI=1S/C8H15N3O/c1-2-3-4-6-10-7-5-8(9)11-12/h1,10,12H,3-7H2,(H2,9,11). The Balaban J connectivity index is 3.07. The maximum Gasteiger partial charge on any atom is 0.140 e. The number of amidine groups is 1. The molecule has 0 aromatic carbocycles. The average molecular weight is 169 g/mol. The summed E-state index contributed by atoms with van der Waals surface area (Å²) in [6.45, 7) is 1.60. The molecule has 0 saturated heterocycles. The molecule has 0 aliphatic heterocycles. The van der Waals surface area contributed by atoms with Crippen LogP contribution in [0.4, 0.5) is 0 Å². The molecule has 0 atom stereocenters. The molecule has 0 rings (SSSR count). The molecule has 4 nitrogen and oxygen atoms in total. The van der Waals surface area contributed by atoms with E-state index in [0.29, 0.717) is 6.42 Å². The van der Waals surface area contributed by atoms with Gasteiger partial charge < -0.3 is 16.3 Å². The quantitative estimate of drug-likeness (QED) is 0.132. The van der Waals surface area contributed by atoms with Crippen molar-refractivity contribution in [3.63, 3.8) is 0 Å². The Kier molecular flexibility index (Phi) is 7.10. The molecule has 0 aromatic heterocycles. The van der Waals surface area contributed by atoms with Gasteiger partial charge in [-0.25, -0.2) is 0 Å². The summed E-state index contributed by atoms with van der Waals surface area (Å²) < 4.78 is 0. The van der Waals surface area contributed by atoms with Crippen LogP contribution in [-0.4, -0.2) is 24.1 Å². The fourth-order valence-corrected chi connectivity index (χ4v) is 0.707. The van der Waals surface area contributed by atoms with Gasteiger partial charge in [0.2, 0.25) is 0 Å². The van der Waals surface area contributed by atoms with Gasteiger partial charge in [0.1, 0.15) is 5.84 Å². The van der Waals surface area contributed by atoms with Crippen molar-refractivity contribution >= 4 is 5.84 Å². The van der Waals surface area contributed by atoms with Gasteiger partial charge in [0, 0.05) is 19.4 Å². The Morgan fingerprint density at radius 2 is 2.33 bits per heavy atom. The van der Waals surface area contributed by atoms with Crippen LogP contribution >= 0.6 is 0 Å². The van der Waals surface area contributed by atoms with Crippen LogP contribution < -0.4 is 11.1 Å². The molecule has 0 radical (unpaired) electrons. The molecule has 68 valence electrons. The first-order valence-corrected chi connectivity index (χ1v) is 3.92. The van der Waals surface area contributed by atoms with Crippen LogP contribution in [0, 0.1) is 12.3 Å². The normalized spacial score (nSPS) is 11.1. The molecule has 4 N–H and O–H groups in total. The van der Waals surface area contributed by atoms with E-state index in [2.05, 4.69) is 16.4 Å². The van der Waals surface area contributed by atoms with E-state index in [1.165, 1.54) is 0 Å². The molecule has 0 spiro atoms. The molecule has 12 heavy (non-hydrogen) atoms. The molecule has 0 unspecified atom stereocenters. The third-order valence-electron chi connectivity index (χ3n) is 1.36. The number of hydrogen-bond acceptors (Lipinski definition) is 3. The summed E-state index contributed by atoms with van der Waals surface area (Å²) in [6.07, 6.45) is 7.38. The van der Waals surface area contributed by atoms with E-state index >= 15 is 0 Å². The third-order valence-corrected chi connectivity index (χ3v) is 1.36. The molecule has 0 aromatic rings. The lowest BCUT2D eigenvalue weighted by atomic mass is 10.3. The first-order valence-electron chi connectivity index (χ1n) is 3.92. The van der Waals surface area contributed by atoms with Crippen molar-refractivity contribution in [2.75, 3.05) is 13.1 Å². The first kappa shape index (κ1) is 10.8. The monoisotopic (exact) mass is 169 g/mol. The SMILES string of the molecule is C#CCCCNCCC(N)=NO. The Hall–Kier alpha value is -1.21. The van der Waals surface area contributed by atoms with Crippen molar-refractivity contribution in [3.8, 4) is 12.3 Å². The number of terminal acetylenes is 1. The Bertz CT molecular complexity index is 172. The van der Waals surface area contributed by atoms with Gasteiger partial charge in [0.15, 0.2) is 0 Å². The van der Waals surface area contributed by atoms with Gasteiger partial charge >= 0.3 is 0 Å². The number of rotatable bonds is 6. The average Bonchev–Trinajstić information content (AvgIpc) is 2.10. The van der Waals surface area contributed by atoms with E-state index in [4.69, 9.17) is 17.4 Å². The Morgan fingerprint density at radius 3 is 2.92 bits per heavy atom. The van der Waals surface area contributed by atoms with Crippen LogP contribution in [0.5, 0.6) is 0 Å². The maximum atomic E-state index is 8.18. The molecule has 0 bridgehead atoms. The molecule has 0 fully saturated rings. The van der Waals surface area contributed by atoms with Gasteiger partial charge in [0.25, 0.3) is 0 Å². The van der Waals surface area contributed by atoms with Gasteiger partial charge in [-0.2, -0.15) is 0 Å². The van der Waals surface area contributed by atoms with Gasteiger partial charge in [-0.15, -0.1) is 12.3 Å². The highest BCUT2D eigenvalue weighted by atomic mass is 16.4. The van der Waals surface area contributed by atoms with Crippen molar-refractivity contribution in [1.82, 2.24) is 5.32 Å². The van der Waals surface area contributed by atoms with Gasteiger partial charge in [0.05, 0.1) is 0 Å². The number of nitrogens with one attached hydrogen (secondary N) is 1. The highest BCUT2D eigenvalue weighted by Gasteiger charge is 1.91. The lowest BCUT2D eigenvalue weighted by Gasteiger charge is -2.01. The van der Waals surface area contributed by atoms with Crippen molar-refractivity contribution in [2.45, 2.75) is 19.3 Å². The molecule has 0 heterocycles. The van der Waals surface area contributed by atoms with Crippen LogP contribution in [0.3, 0.4) is 0 Å². The van der Waals surface area contributed by atoms with Gasteiger partial charge in [-0.3, -0.25) is 0 Å². The maximum absolute atomic E-state index is 8.18. The van der Waals surface area contributed by atoms with E-state index in [9.17, 15) is 0 Å². The van der Waals surface area contributed by atoms with E-state index < -0.39 is 0 Å². The van der Waals surface area contributed by atoms with Gasteiger partial charge in [-0.05, 0) is 13.0 Å². The number of oxime groups is 1. The molecule has 0 amide bonds. The molecular formula is C8H15N3O. The third kappa shape index (κ3) is 6.90. The second kappa shape index (κ2) is 7.89. The zero-order chi connectivity index (χ0) is 9.23. The zero-order valence-electron chi connectivity index (χ0n) is 7.08. The van der Waals surface area contributed by atoms with Crippen LogP contribution in [0.25, 0.3) is 0 Å². The lowest BCUT2D eigenvalue weighted by molar-refractivity contribution is 0.316. The van der Waals surface area contributed by atoms with Crippen LogP contribution in [0.1, 0.15) is 19.3 Å². The molecule has 0 aliphatic carbocycles. The topological polar surface area (TPSA) is 70.6 Å². The number of hydrogen-bond donors (Lipinski definition) is 3. The van der Waals surface area contributed by atoms with Crippen LogP contribution in [-0.2, 0) is 0 Å². The summed E-state index contributed by atoms with van der Waals surface area (Å²) in [7, 11) is 0. The molecule has 4 heteroatoms. The number of unbranched alkanes of at least 4 members (excludes halogenated alkanes) is 1. The minimum Gasteiger partial charge on any atom is -0.409 e. The minimum atomic E-state index is 0.249. The van der Waals surface area contributed by atoms with E-state index in [0.717, 1.165) is 25.9 Å². The summed E-state index contributed by atoms with van der Waals surface area (Å²) in [6, 6.07) is 0. The van der Waals surface area contributed by atoms with E-state index in [1.54, 1.807) is 0 Å². The first-order chi connectivity index (χ1) is 5.81. The lowest BCUT2D eigenvalue weighted by Crippen LogP contribution is -2.23. The van der Waals surface area contributed by atoms with Crippen LogP contribution in [0.15, 0.2) is 5.16 Å². The summed E-state index contributed by atoms with van der Waals surface area (Å²) in [5.41, 5.74) is 5.24. The van der Waals surface area contributed by atoms with Gasteiger partial charge in [-0.1, -0.05) is 5.16 Å². The number of nitrogens with two attached hydrogens (primary N) is 1. The fourth-order valence-electron chi connectivity index (χ4n) is 0.707. The second-order valence-corrected chi connectivity index (χ2v) is 2.40. The fraction of sp³-hybridized carbons (Fsp3) is 0.625. The molecule has 0 saturated carbocycles. The summed E-state index contributed by atoms with van der Waals surface area (Å²) in [5.74, 6) is 2.80. The van der Waals surface area contributed by atoms with E-state index in [-0.39, 0.29) is 5.84 Å². The van der Waals surface area contributed by atoms with Crippen molar-refractivity contribution in [3.05, 3.63) is 0 Å². The van der Waals surface area contributed by atoms with E-state index in [1.807, 2.05) is 0 Å². The summed E-state index contributed by atoms with van der Waals surface area (Å²) >= 11 is 0. The minimum absolute atomic E-state index is 0.249. The highest BCUT2D eigenvalue weighted by molar-refractivity contribution is 5.79. The second-order valence-electron chi connectivity index (χ2n) is 2.40. The zero-order valence-corrected chi connectivity index (χ0v) is 7.08. The smallest absolute Gasteiger partial charge is 0.140 e. The summed E-state index contributed by atoms with van der Waals surface area (Å²) in [4.78, 5) is 0. The Morgan fingerprint density at radius 1 is 1.58 bits per heavy atom. The number of nitrogens with zero attached hydrogens (tertiary/aromatic N) is 1. The van der Waals surface area contributed by atoms with Crippen molar-refractivity contribution < 1.29 is 5.21 Å². The highest BCUT2D eigenvalue weighted by Crippen LogP contribution is 1.83. The largest absolute Gasteiger partial charge is 0.409 e. The summed E-state index contributed by atoms with van der Waals surface area (Å²) in [5, 5.41) is 14.1. The van der Waals surface area contributed by atoms with Crippen molar-refractivity contribution in [1.29, 1.82) is 0 Å². The van der Waals surface area contributed by atoms with Crippen LogP contribution in [0.2, 0.25) is 0 Å². The van der Waals surface area contributed by atoms with Crippen molar-refractivity contribution in [2.24, 2.45) is 10.9 Å². The molecular weight excluding hydrogens is 154 g/mol. The predicted octanol–water partition coefficient (Wildman–Crippen LogP) is 0.126. The Labute approximate surface area is 72.8 Å². The molecule has 0 aliphatic rings.